The van der Waals surface area contributed by atoms with Gasteiger partial charge in [-0.1, -0.05) is 0 Å². The molecule has 3 heteroatoms. The normalized spacial score (nSPS) is 23.0. The van der Waals surface area contributed by atoms with Crippen LogP contribution in [0.2, 0.25) is 0 Å². The number of carbonyl (C=O) groups excluding carboxylic acids is 1. The first-order chi connectivity index (χ1) is 5.88. The van der Waals surface area contributed by atoms with Crippen molar-refractivity contribution in [3.63, 3.8) is 0 Å². The van der Waals surface area contributed by atoms with Gasteiger partial charge in [-0.25, -0.2) is 0 Å². The van der Waals surface area contributed by atoms with Crippen molar-refractivity contribution in [1.29, 1.82) is 0 Å². The van der Waals surface area contributed by atoms with Crippen molar-refractivity contribution in [2.24, 2.45) is 0 Å². The van der Waals surface area contributed by atoms with Crippen LogP contribution in [0.15, 0.2) is 18.6 Å². The van der Waals surface area contributed by atoms with Gasteiger partial charge in [-0.2, -0.15) is 0 Å². The Balaban J connectivity index is 2.25. The third kappa shape index (κ3) is 1.22. The van der Waals surface area contributed by atoms with Crippen molar-refractivity contribution in [2.45, 2.75) is 25.2 Å². The smallest absolute Gasteiger partial charge is 0.141 e. The zero-order chi connectivity index (χ0) is 8.39. The fourth-order valence-electron chi connectivity index (χ4n) is 1.62. The first kappa shape index (κ1) is 7.40. The minimum Gasteiger partial charge on any atom is -0.299 e. The Hall–Kier alpha value is -1.25. The quantitative estimate of drug-likeness (QED) is 0.625. The average molecular weight is 162 g/mol. The van der Waals surface area contributed by atoms with Crippen LogP contribution >= 0.6 is 0 Å². The molecule has 1 saturated carbocycles. The van der Waals surface area contributed by atoms with Gasteiger partial charge >= 0.3 is 0 Å². The summed E-state index contributed by atoms with van der Waals surface area (Å²) >= 11 is 0. The van der Waals surface area contributed by atoms with Crippen molar-refractivity contribution in [3.8, 4) is 0 Å². The van der Waals surface area contributed by atoms with E-state index in [2.05, 4.69) is 9.97 Å². The fraction of sp³-hybridized carbons (Fsp3) is 0.444. The van der Waals surface area contributed by atoms with Gasteiger partial charge in [0.2, 0.25) is 0 Å². The molecule has 12 heavy (non-hydrogen) atoms. The molecule has 0 radical (unpaired) electrons. The summed E-state index contributed by atoms with van der Waals surface area (Å²) in [5.74, 6) is 0.342. The van der Waals surface area contributed by atoms with Gasteiger partial charge in [0.15, 0.2) is 0 Å². The van der Waals surface area contributed by atoms with Gasteiger partial charge in [0.1, 0.15) is 5.78 Å². The molecule has 2 rings (SSSR count). The van der Waals surface area contributed by atoms with E-state index in [1.165, 1.54) is 0 Å². The lowest BCUT2D eigenvalue weighted by Crippen LogP contribution is -2.06. The molecule has 1 heterocycles. The Labute approximate surface area is 70.9 Å². The molecule has 1 aliphatic rings. The number of Topliss-reactive ketones (excluding diaryl/α,β-unsaturated/α-hetero) is 1. The average Bonchev–Trinajstić information content (AvgIpc) is 2.53. The van der Waals surface area contributed by atoms with Crippen LogP contribution in [-0.2, 0) is 4.79 Å². The van der Waals surface area contributed by atoms with Gasteiger partial charge in [-0.15, -0.1) is 0 Å². The highest BCUT2D eigenvalue weighted by molar-refractivity contribution is 5.87. The summed E-state index contributed by atoms with van der Waals surface area (Å²) < 4.78 is 0. The number of nitrogens with zero attached hydrogens (tertiary/aromatic N) is 2. The molecule has 0 amide bonds. The summed E-state index contributed by atoms with van der Waals surface area (Å²) in [6, 6.07) is 0. The number of hydrogen-bond acceptors (Lipinski definition) is 3. The maximum Gasteiger partial charge on any atom is 0.141 e. The summed E-state index contributed by atoms with van der Waals surface area (Å²) in [7, 11) is 0. The molecule has 1 aliphatic carbocycles. The number of aromatic nitrogens is 2. The zero-order valence-corrected chi connectivity index (χ0v) is 6.73. The van der Waals surface area contributed by atoms with E-state index in [-0.39, 0.29) is 5.92 Å². The molecule has 0 N–H and O–H groups in total. The van der Waals surface area contributed by atoms with Crippen LogP contribution in [0.5, 0.6) is 0 Å². The maximum atomic E-state index is 11.3. The molecule has 0 bridgehead atoms. The van der Waals surface area contributed by atoms with Crippen molar-refractivity contribution in [2.75, 3.05) is 0 Å². The molecule has 3 nitrogen and oxygen atoms in total. The maximum absolute atomic E-state index is 11.3. The van der Waals surface area contributed by atoms with Gasteiger partial charge in [0.05, 0.1) is 11.6 Å². The monoisotopic (exact) mass is 162 g/mol. The van der Waals surface area contributed by atoms with Gasteiger partial charge in [-0.3, -0.25) is 14.8 Å². The molecule has 1 aromatic heterocycles. The largest absolute Gasteiger partial charge is 0.299 e. The second-order valence-electron chi connectivity index (χ2n) is 3.04. The van der Waals surface area contributed by atoms with Crippen LogP contribution in [-0.4, -0.2) is 15.8 Å². The summed E-state index contributed by atoms with van der Waals surface area (Å²) in [5, 5.41) is 0. The van der Waals surface area contributed by atoms with E-state index >= 15 is 0 Å². The van der Waals surface area contributed by atoms with Crippen molar-refractivity contribution in [3.05, 3.63) is 24.3 Å². The summed E-state index contributed by atoms with van der Waals surface area (Å²) in [4.78, 5) is 19.4. The highest BCUT2D eigenvalue weighted by atomic mass is 16.1. The molecule has 0 saturated heterocycles. The summed E-state index contributed by atoms with van der Waals surface area (Å²) in [6.45, 7) is 0. The van der Waals surface area contributed by atoms with Crippen molar-refractivity contribution >= 4 is 5.78 Å². The first-order valence-corrected chi connectivity index (χ1v) is 4.16. The first-order valence-electron chi connectivity index (χ1n) is 4.16. The van der Waals surface area contributed by atoms with E-state index in [4.69, 9.17) is 0 Å². The molecule has 1 fully saturated rings. The number of rotatable bonds is 1. The fourth-order valence-corrected chi connectivity index (χ4v) is 1.62. The Kier molecular flexibility index (Phi) is 1.86. The minimum atomic E-state index is 0.0266. The van der Waals surface area contributed by atoms with Crippen LogP contribution in [0.3, 0.4) is 0 Å². The SMILES string of the molecule is O=C1CCCC1c1cnccn1. The van der Waals surface area contributed by atoms with Crippen LogP contribution in [0, 0.1) is 0 Å². The Bertz CT molecular complexity index is 284. The van der Waals surface area contributed by atoms with Gasteiger partial charge in [0, 0.05) is 25.0 Å². The molecule has 1 atom stereocenters. The number of hydrogen-bond donors (Lipinski definition) is 0. The molecule has 1 aromatic rings. The summed E-state index contributed by atoms with van der Waals surface area (Å²) in [6.07, 6.45) is 7.61. The van der Waals surface area contributed by atoms with E-state index in [1.807, 2.05) is 0 Å². The highest BCUT2D eigenvalue weighted by Crippen LogP contribution is 2.28. The Morgan fingerprint density at radius 3 is 2.92 bits per heavy atom. The number of carbonyl (C=O) groups is 1. The predicted molar refractivity (Wildman–Crippen MR) is 43.6 cm³/mol. The molecular weight excluding hydrogens is 152 g/mol. The Morgan fingerprint density at radius 2 is 2.33 bits per heavy atom. The van der Waals surface area contributed by atoms with E-state index in [9.17, 15) is 4.79 Å². The van der Waals surface area contributed by atoms with Gasteiger partial charge in [0.25, 0.3) is 0 Å². The second-order valence-corrected chi connectivity index (χ2v) is 3.04. The predicted octanol–water partition coefficient (Wildman–Crippen LogP) is 1.31. The van der Waals surface area contributed by atoms with Gasteiger partial charge in [-0.05, 0) is 12.8 Å². The van der Waals surface area contributed by atoms with Crippen LogP contribution in [0.4, 0.5) is 0 Å². The molecule has 1 unspecified atom stereocenters. The lowest BCUT2D eigenvalue weighted by atomic mass is 10.0. The molecule has 0 aliphatic heterocycles. The third-order valence-corrected chi connectivity index (χ3v) is 2.24. The summed E-state index contributed by atoms with van der Waals surface area (Å²) in [5.41, 5.74) is 0.833. The van der Waals surface area contributed by atoms with Crippen LogP contribution in [0.25, 0.3) is 0 Å². The van der Waals surface area contributed by atoms with E-state index < -0.39 is 0 Å². The van der Waals surface area contributed by atoms with Crippen molar-refractivity contribution < 1.29 is 4.79 Å². The highest BCUT2D eigenvalue weighted by Gasteiger charge is 2.26. The number of ketones is 1. The second kappa shape index (κ2) is 3.01. The van der Waals surface area contributed by atoms with Gasteiger partial charge < -0.3 is 0 Å². The topological polar surface area (TPSA) is 42.9 Å². The zero-order valence-electron chi connectivity index (χ0n) is 6.73. The van der Waals surface area contributed by atoms with E-state index in [1.54, 1.807) is 18.6 Å². The minimum absolute atomic E-state index is 0.0266. The molecule has 0 spiro atoms. The lowest BCUT2D eigenvalue weighted by Gasteiger charge is -2.04. The van der Waals surface area contributed by atoms with E-state index in [0.29, 0.717) is 12.2 Å². The van der Waals surface area contributed by atoms with Crippen LogP contribution in [0.1, 0.15) is 30.9 Å². The molecule has 0 aromatic carbocycles. The van der Waals surface area contributed by atoms with E-state index in [0.717, 1.165) is 18.5 Å². The molecule has 62 valence electrons. The Morgan fingerprint density at radius 1 is 1.42 bits per heavy atom. The van der Waals surface area contributed by atoms with Crippen molar-refractivity contribution in [1.82, 2.24) is 9.97 Å². The standard InChI is InChI=1S/C9H10N2O/c12-9-3-1-2-7(9)8-6-10-4-5-11-8/h4-7H,1-3H2. The third-order valence-electron chi connectivity index (χ3n) is 2.24. The molecular formula is C9H10N2O. The van der Waals surface area contributed by atoms with Crippen LogP contribution < -0.4 is 0 Å². The lowest BCUT2D eigenvalue weighted by molar-refractivity contribution is -0.118.